The van der Waals surface area contributed by atoms with Gasteiger partial charge in [0.15, 0.2) is 17.1 Å². The van der Waals surface area contributed by atoms with Crippen molar-refractivity contribution >= 4 is 28.7 Å². The van der Waals surface area contributed by atoms with Gasteiger partial charge in [-0.1, -0.05) is 0 Å². The van der Waals surface area contributed by atoms with Crippen LogP contribution in [0.25, 0.3) is 0 Å². The zero-order chi connectivity index (χ0) is 23.3. The topological polar surface area (TPSA) is 199 Å². The van der Waals surface area contributed by atoms with Crippen LogP contribution in [0.3, 0.4) is 0 Å². The third-order valence-corrected chi connectivity index (χ3v) is 3.79. The Morgan fingerprint density at radius 1 is 1.19 bits per heavy atom. The highest BCUT2D eigenvalue weighted by Gasteiger charge is 2.22. The Morgan fingerprint density at radius 2 is 1.87 bits per heavy atom. The van der Waals surface area contributed by atoms with Gasteiger partial charge in [-0.25, -0.2) is 10.4 Å². The normalized spacial score (nSPS) is 14.1. The van der Waals surface area contributed by atoms with Crippen LogP contribution in [-0.4, -0.2) is 32.7 Å². The van der Waals surface area contributed by atoms with Gasteiger partial charge in [-0.05, 0) is 26.8 Å². The summed E-state index contributed by atoms with van der Waals surface area (Å²) in [4.78, 5) is 24.5. The number of carbonyl (C=O) groups excluding carboxylic acids is 1. The molecule has 0 fully saturated rings. The van der Waals surface area contributed by atoms with Crippen molar-refractivity contribution in [3.63, 3.8) is 0 Å². The van der Waals surface area contributed by atoms with Gasteiger partial charge in [-0.15, -0.1) is 0 Å². The van der Waals surface area contributed by atoms with Crippen molar-refractivity contribution in [1.29, 1.82) is 0 Å². The predicted molar refractivity (Wildman–Crippen MR) is 107 cm³/mol. The van der Waals surface area contributed by atoms with Crippen LogP contribution < -0.4 is 26.6 Å². The molecular weight excluding hydrogens is 414 g/mol. The summed E-state index contributed by atoms with van der Waals surface area (Å²) in [5.41, 5.74) is 0.394. The second-order valence-electron chi connectivity index (χ2n) is 7.48. The molecule has 2 unspecified atom stereocenters. The number of amides is 1. The number of quaternary nitrogens is 2. The van der Waals surface area contributed by atoms with E-state index in [1.807, 2.05) is 0 Å². The number of anilines is 1. The lowest BCUT2D eigenvalue weighted by atomic mass is 10.1. The van der Waals surface area contributed by atoms with Crippen molar-refractivity contribution in [2.75, 3.05) is 5.32 Å². The molecule has 2 rings (SSSR count). The SMILES string of the molecule is CC(C)(C)N/N=C(\Cc1occc(=O)c1O)C(=O)Nc1ccc([NH+]([O-])O)cc1[NH+]([O-])O. The molecule has 0 aliphatic heterocycles. The molecule has 31 heavy (non-hydrogen) atoms. The van der Waals surface area contributed by atoms with Gasteiger partial charge in [0, 0.05) is 17.7 Å². The Morgan fingerprint density at radius 3 is 2.45 bits per heavy atom. The standard InChI is InChI=1S/C18H23N5O8/c1-18(2,3)21-20-12(9-15-16(25)14(24)6-7-31-15)17(26)19-11-5-4-10(22(27)28)8-13(11)23(29)30/h4-8,21-23,25,27,29H,9H2,1-3H3,(H,19,26)/b20-12+. The molecule has 0 spiro atoms. The van der Waals surface area contributed by atoms with Crippen LogP contribution in [0.5, 0.6) is 5.75 Å². The number of aromatic hydroxyl groups is 1. The number of nitrogens with one attached hydrogen (secondary N) is 4. The first kappa shape index (κ1) is 23.9. The molecule has 2 aromatic rings. The monoisotopic (exact) mass is 437 g/mol. The zero-order valence-electron chi connectivity index (χ0n) is 16.9. The number of carbonyl (C=O) groups is 1. The first-order valence-electron chi connectivity index (χ1n) is 8.94. The summed E-state index contributed by atoms with van der Waals surface area (Å²) in [6.45, 7) is 5.33. The first-order valence-corrected chi connectivity index (χ1v) is 8.94. The highest BCUT2D eigenvalue weighted by atomic mass is 16.8. The van der Waals surface area contributed by atoms with E-state index in [-0.39, 0.29) is 29.3 Å². The molecule has 1 aromatic carbocycles. The van der Waals surface area contributed by atoms with E-state index in [1.54, 1.807) is 20.8 Å². The van der Waals surface area contributed by atoms with Crippen molar-refractivity contribution in [1.82, 2.24) is 5.43 Å². The molecule has 1 amide bonds. The maximum atomic E-state index is 12.8. The van der Waals surface area contributed by atoms with E-state index < -0.39 is 38.8 Å². The predicted octanol–water partition coefficient (Wildman–Crippen LogP) is -0.922. The van der Waals surface area contributed by atoms with Gasteiger partial charge in [0.1, 0.15) is 11.4 Å². The quantitative estimate of drug-likeness (QED) is 0.211. The number of nitrogens with zero attached hydrogens (tertiary/aromatic N) is 1. The number of benzene rings is 1. The Hall–Kier alpha value is -3.33. The third kappa shape index (κ3) is 6.58. The van der Waals surface area contributed by atoms with Crippen molar-refractivity contribution in [3.8, 4) is 5.75 Å². The molecule has 0 saturated heterocycles. The molecule has 1 aromatic heterocycles. The van der Waals surface area contributed by atoms with Crippen molar-refractivity contribution < 1.29 is 35.2 Å². The summed E-state index contributed by atoms with van der Waals surface area (Å²) in [6, 6.07) is 4.19. The van der Waals surface area contributed by atoms with Crippen LogP contribution in [0.4, 0.5) is 17.1 Å². The fourth-order valence-corrected chi connectivity index (χ4v) is 2.29. The summed E-state index contributed by atoms with van der Waals surface area (Å²) >= 11 is 0. The molecule has 2 atom stereocenters. The maximum absolute atomic E-state index is 12.8. The van der Waals surface area contributed by atoms with Crippen LogP contribution in [0, 0.1) is 10.4 Å². The molecule has 13 nitrogen and oxygen atoms in total. The second kappa shape index (κ2) is 9.65. The minimum absolute atomic E-state index is 0.162. The van der Waals surface area contributed by atoms with Crippen LogP contribution in [-0.2, 0) is 11.2 Å². The van der Waals surface area contributed by atoms with Crippen molar-refractivity contribution in [3.05, 3.63) is 56.9 Å². The highest BCUT2D eigenvalue weighted by molar-refractivity contribution is 6.43. The van der Waals surface area contributed by atoms with Gasteiger partial charge < -0.3 is 30.7 Å². The average molecular weight is 437 g/mol. The van der Waals surface area contributed by atoms with Gasteiger partial charge >= 0.3 is 0 Å². The lowest BCUT2D eigenvalue weighted by Gasteiger charge is -2.20. The van der Waals surface area contributed by atoms with Crippen LogP contribution >= 0.6 is 0 Å². The molecule has 1 heterocycles. The number of hydrogen-bond donors (Lipinski definition) is 7. The van der Waals surface area contributed by atoms with E-state index in [4.69, 9.17) is 9.62 Å². The van der Waals surface area contributed by atoms with Crippen LogP contribution in [0.1, 0.15) is 26.5 Å². The van der Waals surface area contributed by atoms with Gasteiger partial charge in [-0.2, -0.15) is 15.6 Å². The average Bonchev–Trinajstić information content (AvgIpc) is 2.67. The molecule has 0 radical (unpaired) electrons. The maximum Gasteiger partial charge on any atom is 0.272 e. The Bertz CT molecular complexity index is 1030. The molecule has 168 valence electrons. The molecule has 7 N–H and O–H groups in total. The van der Waals surface area contributed by atoms with E-state index >= 15 is 0 Å². The fourth-order valence-electron chi connectivity index (χ4n) is 2.29. The van der Waals surface area contributed by atoms with E-state index in [0.717, 1.165) is 30.5 Å². The Kier molecular flexibility index (Phi) is 7.46. The van der Waals surface area contributed by atoms with E-state index in [1.165, 1.54) is 0 Å². The third-order valence-electron chi connectivity index (χ3n) is 3.79. The molecule has 0 aliphatic carbocycles. The number of hydrogen-bond acceptors (Lipinski definition) is 10. The number of rotatable bonds is 7. The minimum Gasteiger partial charge on any atom is -0.595 e. The summed E-state index contributed by atoms with van der Waals surface area (Å²) < 4.78 is 5.11. The van der Waals surface area contributed by atoms with Gasteiger partial charge in [0.25, 0.3) is 5.91 Å². The molecule has 0 aliphatic rings. The van der Waals surface area contributed by atoms with E-state index in [2.05, 4.69) is 15.8 Å². The zero-order valence-corrected chi connectivity index (χ0v) is 16.9. The van der Waals surface area contributed by atoms with Gasteiger partial charge in [-0.3, -0.25) is 9.59 Å². The lowest BCUT2D eigenvalue weighted by Crippen LogP contribution is -3.00. The second-order valence-corrected chi connectivity index (χ2v) is 7.48. The Balaban J connectivity index is 2.39. The smallest absolute Gasteiger partial charge is 0.272 e. The lowest BCUT2D eigenvalue weighted by molar-refractivity contribution is -0.996. The largest absolute Gasteiger partial charge is 0.595 e. The molecule has 0 saturated carbocycles. The first-order chi connectivity index (χ1) is 14.4. The molecule has 13 heteroatoms. The summed E-state index contributed by atoms with van der Waals surface area (Å²) in [5, 5.41) is 54.5. The molecule has 0 bridgehead atoms. The summed E-state index contributed by atoms with van der Waals surface area (Å²) in [5.74, 6) is -1.75. The summed E-state index contributed by atoms with van der Waals surface area (Å²) in [6.07, 6.45) is 0.670. The van der Waals surface area contributed by atoms with Crippen molar-refractivity contribution in [2.24, 2.45) is 5.10 Å². The van der Waals surface area contributed by atoms with Gasteiger partial charge in [0.05, 0.1) is 18.8 Å². The number of hydrazone groups is 1. The fraction of sp³-hybridized carbons (Fsp3) is 0.278. The molecular formula is C18H23N5O8. The van der Waals surface area contributed by atoms with Gasteiger partial charge in [0.2, 0.25) is 11.2 Å². The van der Waals surface area contributed by atoms with Crippen LogP contribution in [0.2, 0.25) is 0 Å². The highest BCUT2D eigenvalue weighted by Crippen LogP contribution is 2.21. The van der Waals surface area contributed by atoms with E-state index in [0.29, 0.717) is 0 Å². The summed E-state index contributed by atoms with van der Waals surface area (Å²) in [7, 11) is 0. The van der Waals surface area contributed by atoms with Crippen molar-refractivity contribution in [2.45, 2.75) is 32.7 Å². The van der Waals surface area contributed by atoms with Crippen LogP contribution in [0.15, 0.2) is 44.8 Å². The van der Waals surface area contributed by atoms with E-state index in [9.17, 15) is 30.3 Å². The minimum atomic E-state index is -1.45. The Labute approximate surface area is 175 Å².